The SMILES string of the molecule is CCCCC1(C)CSc2cc(OC)c(I)cc2N(c2ccccc2)C1. The average molecular weight is 467 g/mol. The highest BCUT2D eigenvalue weighted by Crippen LogP contribution is 2.47. The zero-order valence-corrected chi connectivity index (χ0v) is 18.2. The van der Waals surface area contributed by atoms with E-state index in [-0.39, 0.29) is 0 Å². The lowest BCUT2D eigenvalue weighted by molar-refractivity contribution is 0.344. The van der Waals surface area contributed by atoms with Crippen LogP contribution >= 0.6 is 34.4 Å². The van der Waals surface area contributed by atoms with E-state index in [1.54, 1.807) is 7.11 Å². The summed E-state index contributed by atoms with van der Waals surface area (Å²) in [6.45, 7) is 5.78. The van der Waals surface area contributed by atoms with Crippen molar-refractivity contribution in [2.24, 2.45) is 5.41 Å². The standard InChI is InChI=1S/C21H26INOS/c1-4-5-11-21(2)14-23(16-9-7-6-8-10-16)18-12-17(22)19(24-3)13-20(18)25-15-21/h6-10,12-13H,4-5,11,14-15H2,1-3H3. The van der Waals surface area contributed by atoms with Crippen molar-refractivity contribution in [3.05, 3.63) is 46.0 Å². The predicted octanol–water partition coefficient (Wildman–Crippen LogP) is 6.74. The molecule has 0 aromatic heterocycles. The smallest absolute Gasteiger partial charge is 0.133 e. The topological polar surface area (TPSA) is 12.5 Å². The number of para-hydroxylation sites is 1. The van der Waals surface area contributed by atoms with Gasteiger partial charge in [-0.05, 0) is 58.7 Å². The van der Waals surface area contributed by atoms with Gasteiger partial charge < -0.3 is 9.64 Å². The molecule has 2 aromatic carbocycles. The third-order valence-corrected chi connectivity index (χ3v) is 7.16. The molecule has 25 heavy (non-hydrogen) atoms. The first kappa shape index (κ1) is 18.9. The number of hydrogen-bond donors (Lipinski definition) is 0. The zero-order chi connectivity index (χ0) is 17.9. The predicted molar refractivity (Wildman–Crippen MR) is 118 cm³/mol. The minimum absolute atomic E-state index is 0.300. The molecule has 0 spiro atoms. The second-order valence-corrected chi connectivity index (χ2v) is 9.26. The van der Waals surface area contributed by atoms with E-state index < -0.39 is 0 Å². The van der Waals surface area contributed by atoms with Crippen LogP contribution in [0.1, 0.15) is 33.1 Å². The molecule has 1 heterocycles. The van der Waals surface area contributed by atoms with E-state index in [0.717, 1.165) is 21.6 Å². The van der Waals surface area contributed by atoms with E-state index in [0.29, 0.717) is 5.41 Å². The highest BCUT2D eigenvalue weighted by atomic mass is 127. The Morgan fingerprint density at radius 3 is 2.68 bits per heavy atom. The summed E-state index contributed by atoms with van der Waals surface area (Å²) in [6.07, 6.45) is 3.81. The van der Waals surface area contributed by atoms with Crippen LogP contribution in [0.25, 0.3) is 0 Å². The second kappa shape index (κ2) is 8.21. The summed E-state index contributed by atoms with van der Waals surface area (Å²) in [5, 5.41) is 0. The molecule has 0 bridgehead atoms. The number of methoxy groups -OCH3 is 1. The Labute approximate surface area is 169 Å². The van der Waals surface area contributed by atoms with Crippen molar-refractivity contribution in [2.45, 2.75) is 38.0 Å². The molecule has 0 saturated heterocycles. The fourth-order valence-electron chi connectivity index (χ4n) is 3.36. The maximum Gasteiger partial charge on any atom is 0.133 e. The average Bonchev–Trinajstić information content (AvgIpc) is 2.77. The van der Waals surface area contributed by atoms with Crippen molar-refractivity contribution >= 4 is 45.7 Å². The summed E-state index contributed by atoms with van der Waals surface area (Å²) in [7, 11) is 1.76. The number of ether oxygens (including phenoxy) is 1. The lowest BCUT2D eigenvalue weighted by Crippen LogP contribution is -2.33. The fraction of sp³-hybridized carbons (Fsp3) is 0.429. The van der Waals surface area contributed by atoms with Crippen LogP contribution in [0.15, 0.2) is 47.4 Å². The maximum absolute atomic E-state index is 5.57. The van der Waals surface area contributed by atoms with Gasteiger partial charge in [0.15, 0.2) is 0 Å². The van der Waals surface area contributed by atoms with Crippen LogP contribution in [0.3, 0.4) is 0 Å². The molecule has 1 unspecified atom stereocenters. The normalized spacial score (nSPS) is 20.1. The molecule has 1 atom stereocenters. The Morgan fingerprint density at radius 1 is 1.24 bits per heavy atom. The van der Waals surface area contributed by atoms with Crippen LogP contribution in [-0.2, 0) is 0 Å². The van der Waals surface area contributed by atoms with Gasteiger partial charge in [0, 0.05) is 22.9 Å². The number of fused-ring (bicyclic) bond motifs is 1. The number of halogens is 1. The monoisotopic (exact) mass is 467 g/mol. The second-order valence-electron chi connectivity index (χ2n) is 7.08. The van der Waals surface area contributed by atoms with Gasteiger partial charge in [-0.25, -0.2) is 0 Å². The van der Waals surface area contributed by atoms with Gasteiger partial charge in [0.1, 0.15) is 5.75 Å². The van der Waals surface area contributed by atoms with Crippen molar-refractivity contribution in [3.8, 4) is 5.75 Å². The molecule has 2 aromatic rings. The number of unbranched alkanes of at least 4 members (excludes halogenated alkanes) is 1. The van der Waals surface area contributed by atoms with Crippen LogP contribution < -0.4 is 9.64 Å². The number of hydrogen-bond acceptors (Lipinski definition) is 3. The Balaban J connectivity index is 2.06. The third-order valence-electron chi connectivity index (χ3n) is 4.84. The molecule has 134 valence electrons. The van der Waals surface area contributed by atoms with Gasteiger partial charge in [-0.2, -0.15) is 0 Å². The van der Waals surface area contributed by atoms with Crippen molar-refractivity contribution in [2.75, 3.05) is 24.3 Å². The van der Waals surface area contributed by atoms with Gasteiger partial charge in [-0.3, -0.25) is 0 Å². The van der Waals surface area contributed by atoms with Gasteiger partial charge in [0.05, 0.1) is 16.4 Å². The van der Waals surface area contributed by atoms with Crippen LogP contribution in [0.4, 0.5) is 11.4 Å². The van der Waals surface area contributed by atoms with E-state index in [1.165, 1.54) is 35.5 Å². The zero-order valence-electron chi connectivity index (χ0n) is 15.2. The van der Waals surface area contributed by atoms with Gasteiger partial charge in [0.2, 0.25) is 0 Å². The Morgan fingerprint density at radius 2 is 2.00 bits per heavy atom. The number of thioether (sulfide) groups is 1. The van der Waals surface area contributed by atoms with Crippen molar-refractivity contribution in [1.29, 1.82) is 0 Å². The van der Waals surface area contributed by atoms with Gasteiger partial charge in [-0.1, -0.05) is 44.9 Å². The number of nitrogens with zero attached hydrogens (tertiary/aromatic N) is 1. The summed E-state index contributed by atoms with van der Waals surface area (Å²) in [5.41, 5.74) is 2.88. The minimum atomic E-state index is 0.300. The molecule has 0 saturated carbocycles. The summed E-state index contributed by atoms with van der Waals surface area (Å²) < 4.78 is 6.73. The van der Waals surface area contributed by atoms with Gasteiger partial charge in [0.25, 0.3) is 0 Å². The minimum Gasteiger partial charge on any atom is -0.496 e. The Hall–Kier alpha value is -0.880. The van der Waals surface area contributed by atoms with Crippen molar-refractivity contribution in [3.63, 3.8) is 0 Å². The number of rotatable bonds is 5. The van der Waals surface area contributed by atoms with Crippen LogP contribution in [0.2, 0.25) is 0 Å². The first-order valence-corrected chi connectivity index (χ1v) is 11.0. The molecular formula is C21H26INOS. The van der Waals surface area contributed by atoms with Gasteiger partial charge in [-0.15, -0.1) is 11.8 Å². The van der Waals surface area contributed by atoms with E-state index in [4.69, 9.17) is 4.74 Å². The first-order valence-electron chi connectivity index (χ1n) is 8.89. The highest BCUT2D eigenvalue weighted by Gasteiger charge is 2.32. The first-order chi connectivity index (χ1) is 12.1. The van der Waals surface area contributed by atoms with Crippen molar-refractivity contribution < 1.29 is 4.74 Å². The summed E-state index contributed by atoms with van der Waals surface area (Å²) in [4.78, 5) is 3.83. The molecular weight excluding hydrogens is 441 g/mol. The van der Waals surface area contributed by atoms with Gasteiger partial charge >= 0.3 is 0 Å². The fourth-order valence-corrected chi connectivity index (χ4v) is 5.28. The maximum atomic E-state index is 5.57. The lowest BCUT2D eigenvalue weighted by Gasteiger charge is -2.34. The quantitative estimate of drug-likeness (QED) is 0.452. The molecule has 0 amide bonds. The Bertz CT molecular complexity index is 721. The van der Waals surface area contributed by atoms with Crippen LogP contribution in [0, 0.1) is 8.99 Å². The molecule has 1 aliphatic rings. The Kier molecular flexibility index (Phi) is 6.21. The highest BCUT2D eigenvalue weighted by molar-refractivity contribution is 14.1. The summed E-state index contributed by atoms with van der Waals surface area (Å²) in [6, 6.07) is 15.3. The van der Waals surface area contributed by atoms with Crippen LogP contribution in [-0.4, -0.2) is 19.4 Å². The summed E-state index contributed by atoms with van der Waals surface area (Å²) in [5.74, 6) is 2.12. The molecule has 0 N–H and O–H groups in total. The molecule has 2 nitrogen and oxygen atoms in total. The molecule has 0 radical (unpaired) electrons. The third kappa shape index (κ3) is 4.27. The van der Waals surface area contributed by atoms with E-state index in [1.807, 2.05) is 11.8 Å². The molecule has 1 aliphatic heterocycles. The molecule has 0 fully saturated rings. The van der Waals surface area contributed by atoms with Crippen LogP contribution in [0.5, 0.6) is 5.75 Å². The largest absolute Gasteiger partial charge is 0.496 e. The number of benzene rings is 2. The van der Waals surface area contributed by atoms with E-state index in [2.05, 4.69) is 83.8 Å². The molecule has 4 heteroatoms. The molecule has 0 aliphatic carbocycles. The van der Waals surface area contributed by atoms with Crippen molar-refractivity contribution in [1.82, 2.24) is 0 Å². The van der Waals surface area contributed by atoms with E-state index >= 15 is 0 Å². The van der Waals surface area contributed by atoms with E-state index in [9.17, 15) is 0 Å². The lowest BCUT2D eigenvalue weighted by atomic mass is 9.86. The number of anilines is 2. The summed E-state index contributed by atoms with van der Waals surface area (Å²) >= 11 is 4.36. The molecule has 3 rings (SSSR count).